The molecule has 0 atom stereocenters. The molecule has 9 heteroatoms. The van der Waals surface area contributed by atoms with Gasteiger partial charge in [-0.05, 0) is 36.2 Å². The Labute approximate surface area is 201 Å². The van der Waals surface area contributed by atoms with Gasteiger partial charge < -0.3 is 14.6 Å². The molecule has 1 N–H and O–H groups in total. The second-order valence-corrected chi connectivity index (χ2v) is 8.80. The van der Waals surface area contributed by atoms with E-state index >= 15 is 0 Å². The van der Waals surface area contributed by atoms with Crippen LogP contribution in [0.4, 0.5) is 11.4 Å². The molecule has 8 nitrogen and oxygen atoms in total. The first-order chi connectivity index (χ1) is 16.7. The number of nitrogens with zero attached hydrogens (tertiary/aromatic N) is 4. The number of hydrogen-bond acceptors (Lipinski definition) is 6. The van der Waals surface area contributed by atoms with E-state index in [-0.39, 0.29) is 17.6 Å². The Morgan fingerprint density at radius 2 is 1.85 bits per heavy atom. The van der Waals surface area contributed by atoms with Gasteiger partial charge in [-0.15, -0.1) is 10.2 Å². The number of nitrogens with one attached hydrogen (secondary N) is 1. The van der Waals surface area contributed by atoms with Crippen LogP contribution in [0, 0.1) is 0 Å². The molecule has 5 rings (SSSR count). The molecular formula is C25H23N5O3S. The van der Waals surface area contributed by atoms with Crippen molar-refractivity contribution >= 4 is 35.0 Å². The summed E-state index contributed by atoms with van der Waals surface area (Å²) in [5, 5.41) is 12.2. The maximum Gasteiger partial charge on any atom is 0.234 e. The zero-order valence-corrected chi connectivity index (χ0v) is 19.2. The van der Waals surface area contributed by atoms with Gasteiger partial charge in [0.2, 0.25) is 17.6 Å². The maximum atomic E-state index is 12.8. The normalized spacial score (nSPS) is 13.4. The Hall–Kier alpha value is -3.85. The third kappa shape index (κ3) is 4.74. The minimum atomic E-state index is -0.182. The highest BCUT2D eigenvalue weighted by atomic mass is 32.2. The molecule has 0 radical (unpaired) electrons. The van der Waals surface area contributed by atoms with E-state index in [1.165, 1.54) is 11.8 Å². The van der Waals surface area contributed by atoms with Crippen molar-refractivity contribution in [3.05, 3.63) is 78.6 Å². The Morgan fingerprint density at radius 3 is 2.62 bits per heavy atom. The number of carbonyl (C=O) groups excluding carboxylic acids is 2. The molecule has 2 amide bonds. The molecule has 0 saturated carbocycles. The Bertz CT molecular complexity index is 1290. The largest absolute Gasteiger partial charge is 0.461 e. The molecule has 3 heterocycles. The van der Waals surface area contributed by atoms with Crippen LogP contribution in [0.1, 0.15) is 18.4 Å². The van der Waals surface area contributed by atoms with Crippen LogP contribution in [-0.4, -0.2) is 38.9 Å². The molecule has 1 aliphatic heterocycles. The Kier molecular flexibility index (Phi) is 6.44. The third-order valence-electron chi connectivity index (χ3n) is 5.52. The van der Waals surface area contributed by atoms with Crippen LogP contribution in [0.2, 0.25) is 0 Å². The first kappa shape index (κ1) is 22.0. The zero-order chi connectivity index (χ0) is 23.3. The molecule has 0 bridgehead atoms. The molecule has 1 fully saturated rings. The second-order valence-electron chi connectivity index (χ2n) is 7.86. The average Bonchev–Trinajstić information content (AvgIpc) is 3.61. The SMILES string of the molecule is O=C(CSc1nnc(-c2ccco2)n1Cc1ccccc1)Nc1ccccc1N1CCCC1=O. The highest BCUT2D eigenvalue weighted by Gasteiger charge is 2.24. The summed E-state index contributed by atoms with van der Waals surface area (Å²) in [6, 6.07) is 21.0. The number of aromatic nitrogens is 3. The van der Waals surface area contributed by atoms with E-state index < -0.39 is 0 Å². The number of hydrogen-bond donors (Lipinski definition) is 1. The lowest BCUT2D eigenvalue weighted by Crippen LogP contribution is -2.26. The molecule has 0 spiro atoms. The summed E-state index contributed by atoms with van der Waals surface area (Å²) in [6.45, 7) is 1.21. The summed E-state index contributed by atoms with van der Waals surface area (Å²) in [5.41, 5.74) is 2.45. The summed E-state index contributed by atoms with van der Waals surface area (Å²) in [6.07, 6.45) is 2.96. The smallest absolute Gasteiger partial charge is 0.234 e. The predicted molar refractivity (Wildman–Crippen MR) is 131 cm³/mol. The number of thioether (sulfide) groups is 1. The van der Waals surface area contributed by atoms with Gasteiger partial charge in [0, 0.05) is 13.0 Å². The quantitative estimate of drug-likeness (QED) is 0.380. The molecule has 1 saturated heterocycles. The van der Waals surface area contributed by atoms with Crippen molar-refractivity contribution in [3.8, 4) is 11.6 Å². The van der Waals surface area contributed by atoms with Gasteiger partial charge in [0.15, 0.2) is 10.9 Å². The standard InChI is InChI=1S/C25H23N5O3S/c31-22(26-19-10-4-5-11-20(19)29-14-6-13-23(29)32)17-34-25-28-27-24(21-12-7-15-33-21)30(25)16-18-8-2-1-3-9-18/h1-5,7-12,15H,6,13-14,16-17H2,(H,26,31). The Morgan fingerprint density at radius 1 is 1.03 bits per heavy atom. The highest BCUT2D eigenvalue weighted by molar-refractivity contribution is 7.99. The highest BCUT2D eigenvalue weighted by Crippen LogP contribution is 2.30. The number of furan rings is 1. The number of para-hydroxylation sites is 2. The van der Waals surface area contributed by atoms with Gasteiger partial charge in [0.05, 0.1) is 29.9 Å². The summed E-state index contributed by atoms with van der Waals surface area (Å²) in [7, 11) is 0. The van der Waals surface area contributed by atoms with Crippen LogP contribution < -0.4 is 10.2 Å². The lowest BCUT2D eigenvalue weighted by atomic mass is 10.2. The number of rotatable bonds is 8. The molecular weight excluding hydrogens is 450 g/mol. The average molecular weight is 474 g/mol. The van der Waals surface area contributed by atoms with E-state index in [0.717, 1.165) is 17.7 Å². The molecule has 172 valence electrons. The summed E-state index contributed by atoms with van der Waals surface area (Å²) in [4.78, 5) is 26.8. The first-order valence-corrected chi connectivity index (χ1v) is 12.0. The lowest BCUT2D eigenvalue weighted by molar-refractivity contribution is -0.117. The topological polar surface area (TPSA) is 93.3 Å². The first-order valence-electron chi connectivity index (χ1n) is 11.0. The van der Waals surface area contributed by atoms with Gasteiger partial charge >= 0.3 is 0 Å². The number of amides is 2. The van der Waals surface area contributed by atoms with Crippen LogP contribution in [0.25, 0.3) is 11.6 Å². The van der Waals surface area contributed by atoms with Gasteiger partial charge in [0.1, 0.15) is 0 Å². The third-order valence-corrected chi connectivity index (χ3v) is 6.48. The molecule has 0 unspecified atom stereocenters. The Balaban J connectivity index is 1.32. The fourth-order valence-electron chi connectivity index (χ4n) is 3.93. The van der Waals surface area contributed by atoms with Gasteiger partial charge in [-0.1, -0.05) is 54.2 Å². The molecule has 2 aromatic carbocycles. The van der Waals surface area contributed by atoms with Gasteiger partial charge in [0.25, 0.3) is 0 Å². The van der Waals surface area contributed by atoms with E-state index in [1.807, 2.05) is 65.2 Å². The molecule has 1 aliphatic rings. The second kappa shape index (κ2) is 9.96. The van der Waals surface area contributed by atoms with E-state index in [4.69, 9.17) is 4.42 Å². The van der Waals surface area contributed by atoms with Crippen LogP contribution in [0.3, 0.4) is 0 Å². The number of benzene rings is 2. The number of carbonyl (C=O) groups is 2. The summed E-state index contributed by atoms with van der Waals surface area (Å²) in [5.74, 6) is 1.26. The minimum Gasteiger partial charge on any atom is -0.461 e. The van der Waals surface area contributed by atoms with E-state index in [1.54, 1.807) is 17.2 Å². The van der Waals surface area contributed by atoms with E-state index in [9.17, 15) is 9.59 Å². The predicted octanol–water partition coefficient (Wildman–Crippen LogP) is 4.44. The van der Waals surface area contributed by atoms with Gasteiger partial charge in [-0.25, -0.2) is 0 Å². The molecule has 4 aromatic rings. The fraction of sp³-hybridized carbons (Fsp3) is 0.200. The monoisotopic (exact) mass is 473 g/mol. The van der Waals surface area contributed by atoms with Crippen LogP contribution in [-0.2, 0) is 16.1 Å². The van der Waals surface area contributed by atoms with Gasteiger partial charge in [-0.2, -0.15) is 0 Å². The van der Waals surface area contributed by atoms with Crippen molar-refractivity contribution in [1.82, 2.24) is 14.8 Å². The van der Waals surface area contributed by atoms with Crippen LogP contribution in [0.15, 0.2) is 82.6 Å². The molecule has 0 aliphatic carbocycles. The van der Waals surface area contributed by atoms with E-state index in [0.29, 0.717) is 41.9 Å². The summed E-state index contributed by atoms with van der Waals surface area (Å²) < 4.78 is 7.49. The van der Waals surface area contributed by atoms with Crippen molar-refractivity contribution in [1.29, 1.82) is 0 Å². The van der Waals surface area contributed by atoms with Gasteiger partial charge in [-0.3, -0.25) is 14.2 Å². The maximum absolute atomic E-state index is 12.8. The fourth-order valence-corrected chi connectivity index (χ4v) is 4.66. The molecule has 2 aromatic heterocycles. The van der Waals surface area contributed by atoms with Crippen molar-refractivity contribution in [2.45, 2.75) is 24.5 Å². The lowest BCUT2D eigenvalue weighted by Gasteiger charge is -2.19. The van der Waals surface area contributed by atoms with Crippen LogP contribution >= 0.6 is 11.8 Å². The van der Waals surface area contributed by atoms with Crippen molar-refractivity contribution in [3.63, 3.8) is 0 Å². The van der Waals surface area contributed by atoms with Crippen molar-refractivity contribution in [2.24, 2.45) is 0 Å². The zero-order valence-electron chi connectivity index (χ0n) is 18.4. The van der Waals surface area contributed by atoms with E-state index in [2.05, 4.69) is 15.5 Å². The summed E-state index contributed by atoms with van der Waals surface area (Å²) >= 11 is 1.31. The minimum absolute atomic E-state index is 0.0792. The van der Waals surface area contributed by atoms with Crippen molar-refractivity contribution < 1.29 is 14.0 Å². The number of anilines is 2. The van der Waals surface area contributed by atoms with Crippen LogP contribution in [0.5, 0.6) is 0 Å². The van der Waals surface area contributed by atoms with Crippen molar-refractivity contribution in [2.75, 3.05) is 22.5 Å². The molecule has 34 heavy (non-hydrogen) atoms.